The summed E-state index contributed by atoms with van der Waals surface area (Å²) in [4.78, 5) is 12.2. The highest BCUT2D eigenvalue weighted by atomic mass is 16.3. The Hall–Kier alpha value is -1.13. The SMILES string of the molecule is CCCCCCCCCCCCCCCCCCCCCCCCCCCC/C=C/CC/C=C/C(O)C(CO)NC(=O)CCCCCCCCCC. The maximum Gasteiger partial charge on any atom is 0.220 e. The first-order valence-corrected chi connectivity index (χ1v) is 23.6. The van der Waals surface area contributed by atoms with Crippen molar-refractivity contribution >= 4 is 5.91 Å². The molecule has 0 saturated carbocycles. The predicted molar refractivity (Wildman–Crippen MR) is 230 cm³/mol. The van der Waals surface area contributed by atoms with Gasteiger partial charge in [0.25, 0.3) is 0 Å². The number of amides is 1. The number of rotatable bonds is 43. The summed E-state index contributed by atoms with van der Waals surface area (Å²) >= 11 is 0. The molecule has 0 aromatic heterocycles. The highest BCUT2D eigenvalue weighted by molar-refractivity contribution is 5.76. The average molecular weight is 732 g/mol. The molecule has 0 radical (unpaired) electrons. The van der Waals surface area contributed by atoms with Crippen LogP contribution in [0.4, 0.5) is 0 Å². The quantitative estimate of drug-likeness (QED) is 0.0432. The molecule has 52 heavy (non-hydrogen) atoms. The van der Waals surface area contributed by atoms with Crippen molar-refractivity contribution in [2.45, 2.75) is 270 Å². The molecule has 308 valence electrons. The molecule has 0 spiro atoms. The monoisotopic (exact) mass is 732 g/mol. The molecule has 0 rings (SSSR count). The van der Waals surface area contributed by atoms with Gasteiger partial charge in [0.15, 0.2) is 0 Å². The minimum absolute atomic E-state index is 0.0774. The highest BCUT2D eigenvalue weighted by Crippen LogP contribution is 2.16. The zero-order chi connectivity index (χ0) is 37.8. The second kappa shape index (κ2) is 44.3. The van der Waals surface area contributed by atoms with Crippen LogP contribution in [-0.4, -0.2) is 34.9 Å². The number of aliphatic hydroxyl groups is 2. The smallest absolute Gasteiger partial charge is 0.220 e. The number of aliphatic hydroxyl groups excluding tert-OH is 2. The van der Waals surface area contributed by atoms with Crippen molar-refractivity contribution in [3.8, 4) is 0 Å². The van der Waals surface area contributed by atoms with Gasteiger partial charge in [-0.15, -0.1) is 0 Å². The van der Waals surface area contributed by atoms with Crippen molar-refractivity contribution in [3.63, 3.8) is 0 Å². The summed E-state index contributed by atoms with van der Waals surface area (Å²) in [6.45, 7) is 4.28. The Morgan fingerprint density at radius 3 is 1.12 bits per heavy atom. The van der Waals surface area contributed by atoms with Crippen LogP contribution >= 0.6 is 0 Å². The lowest BCUT2D eigenvalue weighted by Gasteiger charge is -2.19. The van der Waals surface area contributed by atoms with Crippen LogP contribution in [0, 0.1) is 0 Å². The minimum atomic E-state index is -0.856. The van der Waals surface area contributed by atoms with Gasteiger partial charge in [0.05, 0.1) is 18.8 Å². The van der Waals surface area contributed by atoms with E-state index in [2.05, 4.69) is 31.3 Å². The van der Waals surface area contributed by atoms with Crippen molar-refractivity contribution in [1.82, 2.24) is 5.32 Å². The molecule has 0 saturated heterocycles. The van der Waals surface area contributed by atoms with E-state index < -0.39 is 12.1 Å². The lowest BCUT2D eigenvalue weighted by molar-refractivity contribution is -0.123. The topological polar surface area (TPSA) is 69.6 Å². The zero-order valence-corrected chi connectivity index (χ0v) is 35.3. The molecule has 0 heterocycles. The Morgan fingerprint density at radius 1 is 0.442 bits per heavy atom. The van der Waals surface area contributed by atoms with Gasteiger partial charge in [0.2, 0.25) is 5.91 Å². The zero-order valence-electron chi connectivity index (χ0n) is 35.3. The average Bonchev–Trinajstić information content (AvgIpc) is 3.15. The van der Waals surface area contributed by atoms with E-state index in [1.165, 1.54) is 205 Å². The van der Waals surface area contributed by atoms with Gasteiger partial charge in [-0.1, -0.05) is 244 Å². The van der Waals surface area contributed by atoms with Gasteiger partial charge >= 0.3 is 0 Å². The molecule has 3 N–H and O–H groups in total. The van der Waals surface area contributed by atoms with Crippen molar-refractivity contribution in [1.29, 1.82) is 0 Å². The number of allylic oxidation sites excluding steroid dienone is 3. The second-order valence-corrected chi connectivity index (χ2v) is 16.2. The van der Waals surface area contributed by atoms with Crippen molar-refractivity contribution in [3.05, 3.63) is 24.3 Å². The van der Waals surface area contributed by atoms with Crippen LogP contribution in [0.25, 0.3) is 0 Å². The fourth-order valence-corrected chi connectivity index (χ4v) is 7.31. The number of carbonyl (C=O) groups is 1. The Kier molecular flexibility index (Phi) is 43.3. The van der Waals surface area contributed by atoms with E-state index in [0.29, 0.717) is 6.42 Å². The third-order valence-electron chi connectivity index (χ3n) is 10.9. The molecule has 1 amide bonds. The number of carbonyl (C=O) groups excluding carboxylic acids is 1. The number of hydrogen-bond donors (Lipinski definition) is 3. The summed E-state index contributed by atoms with van der Waals surface area (Å²) in [6.07, 6.45) is 57.7. The Bertz CT molecular complexity index is 750. The van der Waals surface area contributed by atoms with Gasteiger partial charge in [-0.2, -0.15) is 0 Å². The van der Waals surface area contributed by atoms with Crippen molar-refractivity contribution in [2.24, 2.45) is 0 Å². The molecule has 0 aliphatic rings. The first-order chi connectivity index (χ1) is 25.7. The van der Waals surface area contributed by atoms with Crippen LogP contribution in [0.3, 0.4) is 0 Å². The molecule has 0 fully saturated rings. The van der Waals surface area contributed by atoms with E-state index in [-0.39, 0.29) is 12.5 Å². The second-order valence-electron chi connectivity index (χ2n) is 16.2. The maximum absolute atomic E-state index is 12.2. The highest BCUT2D eigenvalue weighted by Gasteiger charge is 2.17. The van der Waals surface area contributed by atoms with E-state index >= 15 is 0 Å². The standard InChI is InChI=1S/C48H93NO3/c1-3-5-7-9-11-13-14-15-16-17-18-19-20-21-22-23-24-25-26-27-28-29-30-31-32-33-34-35-36-37-39-41-43-47(51)46(45-50)49-48(52)44-42-40-38-12-10-8-6-4-2/h35-36,41,43,46-47,50-51H,3-34,37-40,42,44-45H2,1-2H3,(H,49,52)/b36-35+,43-41+. The summed E-state index contributed by atoms with van der Waals surface area (Å²) < 4.78 is 0. The Labute approximate surface area is 326 Å². The van der Waals surface area contributed by atoms with Gasteiger partial charge in [0.1, 0.15) is 0 Å². The Morgan fingerprint density at radius 2 is 0.750 bits per heavy atom. The molecular weight excluding hydrogens is 639 g/mol. The largest absolute Gasteiger partial charge is 0.394 e. The molecule has 2 atom stereocenters. The van der Waals surface area contributed by atoms with Gasteiger partial charge in [0, 0.05) is 6.42 Å². The van der Waals surface area contributed by atoms with E-state index in [1.54, 1.807) is 6.08 Å². The molecule has 4 heteroatoms. The summed E-state index contributed by atoms with van der Waals surface area (Å²) in [5.41, 5.74) is 0. The Balaban J connectivity index is 3.43. The number of nitrogens with one attached hydrogen (secondary N) is 1. The maximum atomic E-state index is 12.2. The van der Waals surface area contributed by atoms with Gasteiger partial charge in [-0.25, -0.2) is 0 Å². The van der Waals surface area contributed by atoms with E-state index in [4.69, 9.17) is 0 Å². The van der Waals surface area contributed by atoms with Crippen molar-refractivity contribution < 1.29 is 15.0 Å². The predicted octanol–water partition coefficient (Wildman–Crippen LogP) is 14.8. The fraction of sp³-hybridized carbons (Fsp3) is 0.896. The van der Waals surface area contributed by atoms with Gasteiger partial charge < -0.3 is 15.5 Å². The molecule has 0 bridgehead atoms. The molecule has 0 aliphatic heterocycles. The molecule has 4 nitrogen and oxygen atoms in total. The summed E-state index contributed by atoms with van der Waals surface area (Å²) in [7, 11) is 0. The van der Waals surface area contributed by atoms with Gasteiger partial charge in [-0.05, 0) is 32.1 Å². The molecule has 2 unspecified atom stereocenters. The fourth-order valence-electron chi connectivity index (χ4n) is 7.31. The van der Waals surface area contributed by atoms with E-state index in [1.807, 2.05) is 6.08 Å². The lowest BCUT2D eigenvalue weighted by atomic mass is 10.0. The third kappa shape index (κ3) is 40.1. The molecular formula is C48H93NO3. The normalized spacial score (nSPS) is 13.1. The summed E-state index contributed by atoms with van der Waals surface area (Å²) in [5, 5.41) is 22.9. The number of hydrogen-bond acceptors (Lipinski definition) is 3. The molecule has 0 aliphatic carbocycles. The summed E-state index contributed by atoms with van der Waals surface area (Å²) in [6, 6.07) is -0.633. The molecule has 0 aromatic carbocycles. The van der Waals surface area contributed by atoms with Crippen LogP contribution in [0.15, 0.2) is 24.3 Å². The lowest BCUT2D eigenvalue weighted by Crippen LogP contribution is -2.45. The first-order valence-electron chi connectivity index (χ1n) is 23.6. The van der Waals surface area contributed by atoms with Crippen LogP contribution < -0.4 is 5.32 Å². The van der Waals surface area contributed by atoms with Crippen molar-refractivity contribution in [2.75, 3.05) is 6.61 Å². The third-order valence-corrected chi connectivity index (χ3v) is 10.9. The molecule has 0 aromatic rings. The van der Waals surface area contributed by atoms with E-state index in [0.717, 1.165) is 32.1 Å². The van der Waals surface area contributed by atoms with Crippen LogP contribution in [0.1, 0.15) is 258 Å². The van der Waals surface area contributed by atoms with Crippen LogP contribution in [-0.2, 0) is 4.79 Å². The van der Waals surface area contributed by atoms with E-state index in [9.17, 15) is 15.0 Å². The first kappa shape index (κ1) is 50.9. The number of unbranched alkanes of at least 4 members (excludes halogenated alkanes) is 34. The minimum Gasteiger partial charge on any atom is -0.394 e. The van der Waals surface area contributed by atoms with Crippen LogP contribution in [0.2, 0.25) is 0 Å². The van der Waals surface area contributed by atoms with Crippen LogP contribution in [0.5, 0.6) is 0 Å². The van der Waals surface area contributed by atoms with Gasteiger partial charge in [-0.3, -0.25) is 4.79 Å². The summed E-state index contributed by atoms with van der Waals surface area (Å²) in [5.74, 6) is -0.0774.